The van der Waals surface area contributed by atoms with Crippen LogP contribution in [0.2, 0.25) is 0 Å². The molecule has 4 nitrogen and oxygen atoms in total. The Hall–Kier alpha value is -2.85. The molecule has 0 aliphatic carbocycles. The zero-order valence-electron chi connectivity index (χ0n) is 9.71. The Morgan fingerprint density at radius 1 is 1.06 bits per heavy atom. The van der Waals surface area contributed by atoms with Crippen molar-refractivity contribution >= 4 is 0 Å². The van der Waals surface area contributed by atoms with E-state index >= 15 is 0 Å². The van der Waals surface area contributed by atoms with Crippen LogP contribution in [-0.2, 0) is 0 Å². The Kier molecular flexibility index (Phi) is 3.22. The van der Waals surface area contributed by atoms with E-state index in [1.807, 2.05) is 13.0 Å². The predicted molar refractivity (Wildman–Crippen MR) is 64.9 cm³/mol. The number of aryl methyl sites for hydroxylation is 1. The molecule has 1 heterocycles. The van der Waals surface area contributed by atoms with E-state index in [1.165, 1.54) is 6.20 Å². The summed E-state index contributed by atoms with van der Waals surface area (Å²) < 4.78 is 5.58. The van der Waals surface area contributed by atoms with Crippen molar-refractivity contribution in [2.75, 3.05) is 0 Å². The molecule has 18 heavy (non-hydrogen) atoms. The van der Waals surface area contributed by atoms with E-state index in [4.69, 9.17) is 15.3 Å². The van der Waals surface area contributed by atoms with Gasteiger partial charge < -0.3 is 4.74 Å². The largest absolute Gasteiger partial charge is 0.439 e. The van der Waals surface area contributed by atoms with E-state index in [9.17, 15) is 0 Å². The van der Waals surface area contributed by atoms with E-state index in [0.717, 1.165) is 5.56 Å². The molecular weight excluding hydrogens is 226 g/mol. The van der Waals surface area contributed by atoms with Crippen molar-refractivity contribution in [2.45, 2.75) is 6.92 Å². The molecule has 0 saturated heterocycles. The molecule has 2 aromatic rings. The Morgan fingerprint density at radius 2 is 1.78 bits per heavy atom. The molecule has 0 fully saturated rings. The molecule has 0 N–H and O–H groups in total. The third-order valence-corrected chi connectivity index (χ3v) is 2.38. The molecule has 0 spiro atoms. The standard InChI is InChI=1S/C14H9N3O/c1-10-6-11(7-15)2-4-13(10)18-14-5-3-12(8-16)9-17-14/h2-6,9H,1H3. The summed E-state index contributed by atoms with van der Waals surface area (Å²) in [6.45, 7) is 1.86. The molecule has 0 unspecified atom stereocenters. The van der Waals surface area contributed by atoms with Crippen LogP contribution in [0.1, 0.15) is 16.7 Å². The third kappa shape index (κ3) is 2.45. The highest BCUT2D eigenvalue weighted by molar-refractivity contribution is 5.42. The first-order chi connectivity index (χ1) is 8.72. The molecule has 2 rings (SSSR count). The minimum Gasteiger partial charge on any atom is -0.439 e. The zero-order chi connectivity index (χ0) is 13.0. The Bertz CT molecular complexity index is 648. The highest BCUT2D eigenvalue weighted by atomic mass is 16.5. The maximum absolute atomic E-state index is 8.77. The topological polar surface area (TPSA) is 69.7 Å². The van der Waals surface area contributed by atoms with Gasteiger partial charge in [0.25, 0.3) is 0 Å². The predicted octanol–water partition coefficient (Wildman–Crippen LogP) is 2.93. The summed E-state index contributed by atoms with van der Waals surface area (Å²) >= 11 is 0. The normalized spacial score (nSPS) is 9.28. The highest BCUT2D eigenvalue weighted by Gasteiger charge is 2.03. The summed E-state index contributed by atoms with van der Waals surface area (Å²) in [5, 5.41) is 17.4. The van der Waals surface area contributed by atoms with Gasteiger partial charge in [-0.1, -0.05) is 0 Å². The summed E-state index contributed by atoms with van der Waals surface area (Å²) in [6, 6.07) is 12.5. The van der Waals surface area contributed by atoms with Crippen LogP contribution < -0.4 is 4.74 Å². The smallest absolute Gasteiger partial charge is 0.219 e. The fraction of sp³-hybridized carbons (Fsp3) is 0.0714. The minimum atomic E-state index is 0.418. The fourth-order valence-electron chi connectivity index (χ4n) is 1.45. The molecule has 0 aliphatic heterocycles. The van der Waals surface area contributed by atoms with Crippen LogP contribution in [-0.4, -0.2) is 4.98 Å². The van der Waals surface area contributed by atoms with Crippen LogP contribution >= 0.6 is 0 Å². The average Bonchev–Trinajstić information content (AvgIpc) is 2.42. The van der Waals surface area contributed by atoms with Crippen molar-refractivity contribution < 1.29 is 4.74 Å². The first-order valence-corrected chi connectivity index (χ1v) is 5.27. The quantitative estimate of drug-likeness (QED) is 0.802. The average molecular weight is 235 g/mol. The van der Waals surface area contributed by atoms with Gasteiger partial charge in [-0.25, -0.2) is 4.98 Å². The number of hydrogen-bond acceptors (Lipinski definition) is 4. The van der Waals surface area contributed by atoms with Gasteiger partial charge >= 0.3 is 0 Å². The Morgan fingerprint density at radius 3 is 2.33 bits per heavy atom. The number of aromatic nitrogens is 1. The molecule has 4 heteroatoms. The molecule has 0 atom stereocenters. The summed E-state index contributed by atoms with van der Waals surface area (Å²) in [4.78, 5) is 4.02. The second-order valence-corrected chi connectivity index (χ2v) is 3.69. The molecule has 0 radical (unpaired) electrons. The van der Waals surface area contributed by atoms with Gasteiger partial charge in [-0.15, -0.1) is 0 Å². The van der Waals surface area contributed by atoms with Gasteiger partial charge in [0, 0.05) is 12.3 Å². The summed E-state index contributed by atoms with van der Waals surface area (Å²) in [6.07, 6.45) is 1.45. The number of rotatable bonds is 2. The van der Waals surface area contributed by atoms with Crippen molar-refractivity contribution in [2.24, 2.45) is 0 Å². The van der Waals surface area contributed by atoms with Gasteiger partial charge in [-0.3, -0.25) is 0 Å². The van der Waals surface area contributed by atoms with E-state index in [0.29, 0.717) is 22.8 Å². The minimum absolute atomic E-state index is 0.418. The molecule has 0 saturated carbocycles. The maximum Gasteiger partial charge on any atom is 0.219 e. The van der Waals surface area contributed by atoms with Gasteiger partial charge in [0.15, 0.2) is 0 Å². The van der Waals surface area contributed by atoms with E-state index < -0.39 is 0 Å². The van der Waals surface area contributed by atoms with E-state index in [-0.39, 0.29) is 0 Å². The van der Waals surface area contributed by atoms with Crippen molar-refractivity contribution in [3.05, 3.63) is 53.2 Å². The number of ether oxygens (including phenoxy) is 1. The van der Waals surface area contributed by atoms with Crippen LogP contribution in [0.3, 0.4) is 0 Å². The molecule has 0 bridgehead atoms. The highest BCUT2D eigenvalue weighted by Crippen LogP contribution is 2.24. The van der Waals surface area contributed by atoms with Gasteiger partial charge in [0.2, 0.25) is 5.88 Å². The van der Waals surface area contributed by atoms with Crippen LogP contribution in [0.25, 0.3) is 0 Å². The summed E-state index contributed by atoms with van der Waals surface area (Å²) in [5.74, 6) is 1.06. The lowest BCUT2D eigenvalue weighted by Crippen LogP contribution is -1.91. The number of benzene rings is 1. The monoisotopic (exact) mass is 235 g/mol. The summed E-state index contributed by atoms with van der Waals surface area (Å²) in [5.41, 5.74) is 1.94. The van der Waals surface area contributed by atoms with Gasteiger partial charge in [-0.05, 0) is 36.8 Å². The number of nitriles is 2. The SMILES string of the molecule is Cc1cc(C#N)ccc1Oc1ccc(C#N)cn1. The fourth-order valence-corrected chi connectivity index (χ4v) is 1.45. The molecule has 0 amide bonds. The molecular formula is C14H9N3O. The van der Waals surface area contributed by atoms with Crippen molar-refractivity contribution in [1.29, 1.82) is 10.5 Å². The van der Waals surface area contributed by atoms with E-state index in [1.54, 1.807) is 30.3 Å². The zero-order valence-corrected chi connectivity index (χ0v) is 9.71. The lowest BCUT2D eigenvalue weighted by atomic mass is 10.1. The first-order valence-electron chi connectivity index (χ1n) is 5.27. The van der Waals surface area contributed by atoms with Crippen LogP contribution in [0.15, 0.2) is 36.5 Å². The van der Waals surface area contributed by atoms with Crippen molar-refractivity contribution in [1.82, 2.24) is 4.98 Å². The van der Waals surface area contributed by atoms with Gasteiger partial charge in [0.05, 0.1) is 17.2 Å². The van der Waals surface area contributed by atoms with Gasteiger partial charge in [0.1, 0.15) is 11.8 Å². The molecule has 1 aromatic heterocycles. The second kappa shape index (κ2) is 4.99. The Labute approximate surface area is 105 Å². The molecule has 0 aliphatic rings. The number of nitrogens with zero attached hydrogens (tertiary/aromatic N) is 3. The van der Waals surface area contributed by atoms with E-state index in [2.05, 4.69) is 11.1 Å². The molecule has 86 valence electrons. The van der Waals surface area contributed by atoms with Crippen LogP contribution in [0, 0.1) is 29.6 Å². The first kappa shape index (κ1) is 11.6. The second-order valence-electron chi connectivity index (χ2n) is 3.69. The summed E-state index contributed by atoms with van der Waals surface area (Å²) in [7, 11) is 0. The maximum atomic E-state index is 8.77. The van der Waals surface area contributed by atoms with Crippen LogP contribution in [0.4, 0.5) is 0 Å². The van der Waals surface area contributed by atoms with Crippen LogP contribution in [0.5, 0.6) is 11.6 Å². The number of pyridine rings is 1. The third-order valence-electron chi connectivity index (χ3n) is 2.38. The van der Waals surface area contributed by atoms with Gasteiger partial charge in [-0.2, -0.15) is 10.5 Å². The number of hydrogen-bond donors (Lipinski definition) is 0. The lowest BCUT2D eigenvalue weighted by molar-refractivity contribution is 0.459. The Balaban J connectivity index is 2.24. The van der Waals surface area contributed by atoms with Crippen molar-refractivity contribution in [3.63, 3.8) is 0 Å². The van der Waals surface area contributed by atoms with Crippen molar-refractivity contribution in [3.8, 4) is 23.8 Å². The molecule has 1 aromatic carbocycles. The lowest BCUT2D eigenvalue weighted by Gasteiger charge is -2.07.